The highest BCUT2D eigenvalue weighted by Crippen LogP contribution is 2.36. The molecule has 0 aromatic heterocycles. The summed E-state index contributed by atoms with van der Waals surface area (Å²) in [6, 6.07) is 10.2. The molecule has 3 heterocycles. The van der Waals surface area contributed by atoms with E-state index in [1.54, 1.807) is 0 Å². The van der Waals surface area contributed by atoms with Crippen LogP contribution in [0.4, 0.5) is 0 Å². The minimum absolute atomic E-state index is 0.113. The van der Waals surface area contributed by atoms with Crippen LogP contribution < -0.4 is 0 Å². The van der Waals surface area contributed by atoms with Gasteiger partial charge in [0, 0.05) is 32.5 Å². The summed E-state index contributed by atoms with van der Waals surface area (Å²) in [4.78, 5) is 17.3. The fourth-order valence-electron chi connectivity index (χ4n) is 5.32. The van der Waals surface area contributed by atoms with Gasteiger partial charge < -0.3 is 24.0 Å². The molecular weight excluding hydrogens is 404 g/mol. The number of carbonyl (C=O) groups is 1. The van der Waals surface area contributed by atoms with Crippen molar-refractivity contribution >= 4 is 5.91 Å². The molecule has 32 heavy (non-hydrogen) atoms. The molecule has 178 valence electrons. The number of ether oxygens (including phenoxy) is 3. The maximum Gasteiger partial charge on any atom is 0.222 e. The summed E-state index contributed by atoms with van der Waals surface area (Å²) in [7, 11) is 2.17. The van der Waals surface area contributed by atoms with Crippen LogP contribution in [0.25, 0.3) is 0 Å². The molecule has 0 N–H and O–H groups in total. The van der Waals surface area contributed by atoms with Crippen molar-refractivity contribution in [1.82, 2.24) is 9.80 Å². The van der Waals surface area contributed by atoms with Gasteiger partial charge in [-0.3, -0.25) is 4.79 Å². The quantitative estimate of drug-likeness (QED) is 0.575. The van der Waals surface area contributed by atoms with Crippen molar-refractivity contribution < 1.29 is 19.0 Å². The van der Waals surface area contributed by atoms with Crippen LogP contribution in [0, 0.1) is 5.92 Å². The Balaban J connectivity index is 1.14. The van der Waals surface area contributed by atoms with Crippen LogP contribution in [-0.2, 0) is 25.6 Å². The van der Waals surface area contributed by atoms with Crippen LogP contribution in [0.15, 0.2) is 30.3 Å². The molecular formula is C26H40N2O4. The van der Waals surface area contributed by atoms with Crippen molar-refractivity contribution in [2.24, 2.45) is 5.92 Å². The maximum absolute atomic E-state index is 12.8. The Bertz CT molecular complexity index is 697. The first-order valence-corrected chi connectivity index (χ1v) is 12.5. The third kappa shape index (κ3) is 6.77. The van der Waals surface area contributed by atoms with E-state index in [0.717, 1.165) is 77.7 Å². The number of likely N-dealkylation sites (tertiary alicyclic amines) is 2. The van der Waals surface area contributed by atoms with E-state index in [0.29, 0.717) is 31.6 Å². The molecule has 3 fully saturated rings. The fraction of sp³-hybridized carbons (Fsp3) is 0.731. The molecule has 6 heteroatoms. The van der Waals surface area contributed by atoms with E-state index in [4.69, 9.17) is 14.2 Å². The third-order valence-corrected chi connectivity index (χ3v) is 7.47. The zero-order valence-corrected chi connectivity index (χ0v) is 19.7. The van der Waals surface area contributed by atoms with E-state index in [9.17, 15) is 4.79 Å². The van der Waals surface area contributed by atoms with Crippen LogP contribution in [-0.4, -0.2) is 80.5 Å². The van der Waals surface area contributed by atoms with E-state index >= 15 is 0 Å². The van der Waals surface area contributed by atoms with Gasteiger partial charge in [0.05, 0.1) is 31.5 Å². The lowest BCUT2D eigenvalue weighted by atomic mass is 9.83. The number of piperidine rings is 2. The molecule has 1 spiro atoms. The molecule has 1 unspecified atom stereocenters. The highest BCUT2D eigenvalue weighted by Gasteiger charge is 2.41. The van der Waals surface area contributed by atoms with Crippen LogP contribution in [0.3, 0.4) is 0 Å². The van der Waals surface area contributed by atoms with Crippen molar-refractivity contribution in [1.29, 1.82) is 0 Å². The van der Waals surface area contributed by atoms with Gasteiger partial charge in [0.15, 0.2) is 0 Å². The summed E-state index contributed by atoms with van der Waals surface area (Å²) in [5.41, 5.74) is 1.08. The highest BCUT2D eigenvalue weighted by atomic mass is 16.5. The maximum atomic E-state index is 12.8. The van der Waals surface area contributed by atoms with E-state index in [1.807, 2.05) is 18.2 Å². The average molecular weight is 445 g/mol. The monoisotopic (exact) mass is 444 g/mol. The number of rotatable bonds is 8. The van der Waals surface area contributed by atoms with E-state index < -0.39 is 0 Å². The number of carbonyl (C=O) groups excluding carboxylic acids is 1. The highest BCUT2D eigenvalue weighted by molar-refractivity contribution is 5.76. The van der Waals surface area contributed by atoms with Gasteiger partial charge in [0.25, 0.3) is 0 Å². The first-order chi connectivity index (χ1) is 15.6. The predicted octanol–water partition coefficient (Wildman–Crippen LogP) is 3.49. The molecule has 1 aromatic rings. The van der Waals surface area contributed by atoms with Gasteiger partial charge in [-0.15, -0.1) is 0 Å². The summed E-state index contributed by atoms with van der Waals surface area (Å²) >= 11 is 0. The average Bonchev–Trinajstić information content (AvgIpc) is 2.82. The normalized spacial score (nSPS) is 24.7. The zero-order chi connectivity index (χ0) is 22.2. The predicted molar refractivity (Wildman–Crippen MR) is 124 cm³/mol. The lowest BCUT2D eigenvalue weighted by Crippen LogP contribution is -2.52. The molecule has 0 radical (unpaired) electrons. The van der Waals surface area contributed by atoms with Crippen molar-refractivity contribution in [2.45, 2.75) is 63.3 Å². The standard InChI is InChI=1S/C26H40N2O4/c1-27-12-7-22(8-13-27)19-25(29)28-14-10-26(11-15-28)20-24(9-16-32-26)31-18-17-30-21-23-5-3-2-4-6-23/h2-6,22,24H,7-21H2,1H3. The summed E-state index contributed by atoms with van der Waals surface area (Å²) in [5, 5.41) is 0. The molecule has 3 aliphatic heterocycles. The molecule has 1 atom stereocenters. The summed E-state index contributed by atoms with van der Waals surface area (Å²) in [6.07, 6.45) is 6.98. The molecule has 0 aliphatic carbocycles. The fourth-order valence-corrected chi connectivity index (χ4v) is 5.32. The number of nitrogens with zero attached hydrogens (tertiary/aromatic N) is 2. The van der Waals surface area contributed by atoms with Gasteiger partial charge in [-0.1, -0.05) is 30.3 Å². The molecule has 1 aromatic carbocycles. The Morgan fingerprint density at radius 1 is 1.06 bits per heavy atom. The second-order valence-corrected chi connectivity index (χ2v) is 9.89. The zero-order valence-electron chi connectivity index (χ0n) is 19.7. The second kappa shape index (κ2) is 11.6. The lowest BCUT2D eigenvalue weighted by molar-refractivity contribution is -0.163. The lowest BCUT2D eigenvalue weighted by Gasteiger charge is -2.46. The first kappa shape index (κ1) is 23.7. The molecule has 6 nitrogen and oxygen atoms in total. The van der Waals surface area contributed by atoms with Crippen LogP contribution in [0.1, 0.15) is 50.5 Å². The van der Waals surface area contributed by atoms with Gasteiger partial charge in [0.2, 0.25) is 5.91 Å². The Morgan fingerprint density at radius 2 is 1.81 bits per heavy atom. The van der Waals surface area contributed by atoms with E-state index in [-0.39, 0.29) is 11.7 Å². The topological polar surface area (TPSA) is 51.2 Å². The van der Waals surface area contributed by atoms with Crippen molar-refractivity contribution in [3.63, 3.8) is 0 Å². The minimum atomic E-state index is -0.113. The number of hydrogen-bond acceptors (Lipinski definition) is 5. The number of amides is 1. The third-order valence-electron chi connectivity index (χ3n) is 7.47. The molecule has 3 saturated heterocycles. The Labute approximate surface area is 193 Å². The largest absolute Gasteiger partial charge is 0.376 e. The second-order valence-electron chi connectivity index (χ2n) is 9.89. The van der Waals surface area contributed by atoms with Gasteiger partial charge >= 0.3 is 0 Å². The Hall–Kier alpha value is -1.47. The smallest absolute Gasteiger partial charge is 0.222 e. The molecule has 1 amide bonds. The van der Waals surface area contributed by atoms with Crippen LogP contribution in [0.2, 0.25) is 0 Å². The first-order valence-electron chi connectivity index (χ1n) is 12.5. The summed E-state index contributed by atoms with van der Waals surface area (Å²) in [5.74, 6) is 0.899. The van der Waals surface area contributed by atoms with Gasteiger partial charge in [0.1, 0.15) is 0 Å². The van der Waals surface area contributed by atoms with Crippen molar-refractivity contribution in [3.8, 4) is 0 Å². The minimum Gasteiger partial charge on any atom is -0.376 e. The van der Waals surface area contributed by atoms with Crippen molar-refractivity contribution in [3.05, 3.63) is 35.9 Å². The van der Waals surface area contributed by atoms with Gasteiger partial charge in [-0.05, 0) is 63.7 Å². The van der Waals surface area contributed by atoms with E-state index in [2.05, 4.69) is 29.0 Å². The Kier molecular flexibility index (Phi) is 8.58. The van der Waals surface area contributed by atoms with Crippen LogP contribution >= 0.6 is 0 Å². The molecule has 4 rings (SSSR count). The Morgan fingerprint density at radius 3 is 2.56 bits per heavy atom. The van der Waals surface area contributed by atoms with Crippen molar-refractivity contribution in [2.75, 3.05) is 53.0 Å². The summed E-state index contributed by atoms with van der Waals surface area (Å²) in [6.45, 7) is 6.48. The molecule has 0 saturated carbocycles. The van der Waals surface area contributed by atoms with Gasteiger partial charge in [-0.2, -0.15) is 0 Å². The van der Waals surface area contributed by atoms with Gasteiger partial charge in [-0.25, -0.2) is 0 Å². The summed E-state index contributed by atoms with van der Waals surface area (Å²) < 4.78 is 18.2. The molecule has 0 bridgehead atoms. The number of benzene rings is 1. The number of hydrogen-bond donors (Lipinski definition) is 0. The SMILES string of the molecule is CN1CCC(CC(=O)N2CCC3(CC2)CC(OCCOCc2ccccc2)CCO3)CC1. The molecule has 3 aliphatic rings. The van der Waals surface area contributed by atoms with E-state index in [1.165, 1.54) is 5.56 Å². The van der Waals surface area contributed by atoms with Crippen LogP contribution in [0.5, 0.6) is 0 Å².